The zero-order valence-corrected chi connectivity index (χ0v) is 21.8. The number of aromatic nitrogens is 2. The van der Waals surface area contributed by atoms with Crippen LogP contribution in [0.25, 0.3) is 5.69 Å². The molecule has 1 aromatic carbocycles. The predicted molar refractivity (Wildman–Crippen MR) is 142 cm³/mol. The summed E-state index contributed by atoms with van der Waals surface area (Å²) in [5.41, 5.74) is 5.56. The third-order valence-corrected chi connectivity index (χ3v) is 6.89. The van der Waals surface area contributed by atoms with Crippen LogP contribution in [0.4, 0.5) is 0 Å². The highest BCUT2D eigenvalue weighted by Crippen LogP contribution is 2.41. The van der Waals surface area contributed by atoms with Gasteiger partial charge in [-0.25, -0.2) is 4.79 Å². The topological polar surface area (TPSA) is 62.6 Å². The lowest BCUT2D eigenvalue weighted by molar-refractivity contribution is 0.0600. The van der Waals surface area contributed by atoms with Crippen LogP contribution in [0.5, 0.6) is 0 Å². The fourth-order valence-electron chi connectivity index (χ4n) is 4.95. The Morgan fingerprint density at radius 3 is 2.60 bits per heavy atom. The van der Waals surface area contributed by atoms with E-state index in [1.807, 2.05) is 42.6 Å². The van der Waals surface area contributed by atoms with Crippen LogP contribution < -0.4 is 5.32 Å². The van der Waals surface area contributed by atoms with Crippen molar-refractivity contribution in [3.05, 3.63) is 82.9 Å². The monoisotopic (exact) mass is 491 g/mol. The van der Waals surface area contributed by atoms with Gasteiger partial charge < -0.3 is 24.4 Å². The normalized spacial score (nSPS) is 17.7. The van der Waals surface area contributed by atoms with Gasteiger partial charge in [0.2, 0.25) is 0 Å². The molecule has 0 spiro atoms. The van der Waals surface area contributed by atoms with E-state index in [2.05, 4.69) is 58.7 Å². The second kappa shape index (κ2) is 10.6. The van der Waals surface area contributed by atoms with E-state index >= 15 is 0 Å². The van der Waals surface area contributed by atoms with E-state index in [0.717, 1.165) is 53.0 Å². The molecule has 7 nitrogen and oxygen atoms in total. The Balaban J connectivity index is 1.81. The Morgan fingerprint density at radius 1 is 1.17 bits per heavy atom. The SMILES string of the molecule is COC(=O)c1ccccc1-n1c(C)cc([C@@H]2[C@H](c3ccccn3)NC(=S)N2CCCN(C)C)c1C. The van der Waals surface area contributed by atoms with Crippen LogP contribution in [0.1, 0.15) is 51.5 Å². The van der Waals surface area contributed by atoms with Crippen LogP contribution in [0.15, 0.2) is 54.7 Å². The number of benzene rings is 1. The molecule has 2 aromatic heterocycles. The van der Waals surface area contributed by atoms with Crippen LogP contribution in [0.3, 0.4) is 0 Å². The summed E-state index contributed by atoms with van der Waals surface area (Å²) in [5.74, 6) is -0.352. The summed E-state index contributed by atoms with van der Waals surface area (Å²) >= 11 is 5.83. The Kier molecular flexibility index (Phi) is 7.52. The first-order valence-corrected chi connectivity index (χ1v) is 12.2. The summed E-state index contributed by atoms with van der Waals surface area (Å²) in [6.45, 7) is 5.98. The highest BCUT2D eigenvalue weighted by Gasteiger charge is 2.41. The lowest BCUT2D eigenvalue weighted by Gasteiger charge is -2.28. The number of esters is 1. The van der Waals surface area contributed by atoms with E-state index < -0.39 is 0 Å². The smallest absolute Gasteiger partial charge is 0.339 e. The van der Waals surface area contributed by atoms with Gasteiger partial charge in [-0.05, 0) is 89.0 Å². The zero-order valence-electron chi connectivity index (χ0n) is 21.0. The van der Waals surface area contributed by atoms with Gasteiger partial charge in [0.05, 0.1) is 36.1 Å². The number of hydrogen-bond donors (Lipinski definition) is 1. The lowest BCUT2D eigenvalue weighted by Crippen LogP contribution is -2.32. The predicted octanol–water partition coefficient (Wildman–Crippen LogP) is 4.20. The van der Waals surface area contributed by atoms with Crippen molar-refractivity contribution in [2.24, 2.45) is 0 Å². The van der Waals surface area contributed by atoms with Crippen molar-refractivity contribution in [1.29, 1.82) is 0 Å². The van der Waals surface area contributed by atoms with Crippen LogP contribution in [-0.4, -0.2) is 64.7 Å². The van der Waals surface area contributed by atoms with E-state index in [1.54, 1.807) is 6.07 Å². The Labute approximate surface area is 212 Å². The van der Waals surface area contributed by atoms with Gasteiger partial charge in [-0.2, -0.15) is 0 Å². The van der Waals surface area contributed by atoms with E-state index in [4.69, 9.17) is 17.0 Å². The number of thiocarbonyl (C=S) groups is 1. The minimum Gasteiger partial charge on any atom is -0.465 e. The molecule has 1 aliphatic rings. The molecule has 0 aliphatic carbocycles. The number of ether oxygens (including phenoxy) is 1. The molecule has 0 bridgehead atoms. The fraction of sp³-hybridized carbons (Fsp3) is 0.370. The molecule has 35 heavy (non-hydrogen) atoms. The maximum atomic E-state index is 12.5. The number of carbonyl (C=O) groups excluding carboxylic acids is 1. The standard InChI is InChI=1S/C27H33N5O2S/c1-18-17-21(19(2)32(18)23-13-7-6-11-20(23)26(33)34-5)25-24(22-12-8-9-14-28-22)29-27(35)31(25)16-10-15-30(3)4/h6-9,11-14,17,24-25H,10,15-16H2,1-5H3,(H,29,35)/t24-,25+/m0/s1. The number of aryl methyl sites for hydroxylation is 1. The number of rotatable bonds is 8. The molecule has 3 heterocycles. The van der Waals surface area contributed by atoms with Gasteiger partial charge in [0.15, 0.2) is 5.11 Å². The molecule has 1 N–H and O–H groups in total. The zero-order chi connectivity index (χ0) is 25.1. The first-order valence-electron chi connectivity index (χ1n) is 11.8. The van der Waals surface area contributed by atoms with Gasteiger partial charge in [0, 0.05) is 24.1 Å². The molecule has 2 atom stereocenters. The Morgan fingerprint density at radius 2 is 1.91 bits per heavy atom. The first-order chi connectivity index (χ1) is 16.8. The molecule has 0 radical (unpaired) electrons. The summed E-state index contributed by atoms with van der Waals surface area (Å²) in [6, 6.07) is 15.6. The van der Waals surface area contributed by atoms with Crippen LogP contribution in [-0.2, 0) is 4.74 Å². The van der Waals surface area contributed by atoms with Gasteiger partial charge in [-0.15, -0.1) is 0 Å². The van der Waals surface area contributed by atoms with Crippen molar-refractivity contribution in [3.8, 4) is 5.69 Å². The summed E-state index contributed by atoms with van der Waals surface area (Å²) in [4.78, 5) is 21.6. The molecule has 4 rings (SSSR count). The molecule has 0 amide bonds. The number of carbonyl (C=O) groups is 1. The maximum Gasteiger partial charge on any atom is 0.339 e. The Hall–Kier alpha value is -3.23. The second-order valence-corrected chi connectivity index (χ2v) is 9.53. The van der Waals surface area contributed by atoms with E-state index in [0.29, 0.717) is 5.56 Å². The number of methoxy groups -OCH3 is 1. The molecule has 0 saturated carbocycles. The van der Waals surface area contributed by atoms with Gasteiger partial charge in [-0.1, -0.05) is 18.2 Å². The molecule has 1 aliphatic heterocycles. The third-order valence-electron chi connectivity index (χ3n) is 6.54. The minimum atomic E-state index is -0.352. The van der Waals surface area contributed by atoms with Gasteiger partial charge in [-0.3, -0.25) is 4.98 Å². The van der Waals surface area contributed by atoms with Crippen molar-refractivity contribution >= 4 is 23.3 Å². The molecule has 1 saturated heterocycles. The summed E-state index contributed by atoms with van der Waals surface area (Å²) in [6.07, 6.45) is 2.81. The van der Waals surface area contributed by atoms with Crippen molar-refractivity contribution in [1.82, 2.24) is 24.7 Å². The molecule has 3 aromatic rings. The average Bonchev–Trinajstić information content (AvgIpc) is 3.33. The van der Waals surface area contributed by atoms with Gasteiger partial charge in [0.25, 0.3) is 0 Å². The lowest BCUT2D eigenvalue weighted by atomic mass is 9.96. The van der Waals surface area contributed by atoms with E-state index in [9.17, 15) is 4.79 Å². The average molecular weight is 492 g/mol. The molecule has 1 fully saturated rings. The third kappa shape index (κ3) is 4.94. The number of hydrogen-bond acceptors (Lipinski definition) is 5. The summed E-state index contributed by atoms with van der Waals surface area (Å²) < 4.78 is 7.19. The van der Waals surface area contributed by atoms with Crippen LogP contribution in [0.2, 0.25) is 0 Å². The molecule has 0 unspecified atom stereocenters. The molecular weight excluding hydrogens is 458 g/mol. The quantitative estimate of drug-likeness (QED) is 0.374. The summed E-state index contributed by atoms with van der Waals surface area (Å²) in [7, 11) is 5.58. The van der Waals surface area contributed by atoms with Crippen molar-refractivity contribution in [2.45, 2.75) is 32.4 Å². The van der Waals surface area contributed by atoms with E-state index in [1.165, 1.54) is 7.11 Å². The number of para-hydroxylation sites is 1. The van der Waals surface area contributed by atoms with E-state index in [-0.39, 0.29) is 18.1 Å². The van der Waals surface area contributed by atoms with Crippen LogP contribution >= 0.6 is 12.2 Å². The summed E-state index contributed by atoms with van der Waals surface area (Å²) in [5, 5.41) is 4.28. The van der Waals surface area contributed by atoms with Gasteiger partial charge >= 0.3 is 5.97 Å². The van der Waals surface area contributed by atoms with Crippen molar-refractivity contribution in [3.63, 3.8) is 0 Å². The molecule has 8 heteroatoms. The largest absolute Gasteiger partial charge is 0.465 e. The highest BCUT2D eigenvalue weighted by molar-refractivity contribution is 7.80. The number of pyridine rings is 1. The maximum absolute atomic E-state index is 12.5. The first kappa shape index (κ1) is 24.9. The van der Waals surface area contributed by atoms with Gasteiger partial charge in [0.1, 0.15) is 0 Å². The van der Waals surface area contributed by atoms with Crippen molar-refractivity contribution in [2.75, 3.05) is 34.3 Å². The highest BCUT2D eigenvalue weighted by atomic mass is 32.1. The second-order valence-electron chi connectivity index (χ2n) is 9.15. The van der Waals surface area contributed by atoms with Crippen molar-refractivity contribution < 1.29 is 9.53 Å². The molecule has 184 valence electrons. The molecular formula is C27H33N5O2S. The fourth-order valence-corrected chi connectivity index (χ4v) is 5.28. The van der Waals surface area contributed by atoms with Crippen LogP contribution in [0, 0.1) is 13.8 Å². The number of nitrogens with one attached hydrogen (secondary N) is 1. The Bertz CT molecular complexity index is 1210. The minimum absolute atomic E-state index is 0.0233. The number of nitrogens with zero attached hydrogens (tertiary/aromatic N) is 4.